The average Bonchev–Trinajstić information content (AvgIpc) is 2.09. The molecule has 0 unspecified atom stereocenters. The number of aliphatic hydroxyl groups excluding tert-OH is 1. The van der Waals surface area contributed by atoms with E-state index in [9.17, 15) is 5.11 Å². The van der Waals surface area contributed by atoms with E-state index in [2.05, 4.69) is 12.2 Å². The van der Waals surface area contributed by atoms with Gasteiger partial charge in [-0.1, -0.05) is 12.2 Å². The maximum absolute atomic E-state index is 9.35. The van der Waals surface area contributed by atoms with Crippen molar-refractivity contribution in [1.82, 2.24) is 0 Å². The van der Waals surface area contributed by atoms with Gasteiger partial charge >= 0.3 is 0 Å². The van der Waals surface area contributed by atoms with E-state index in [0.717, 1.165) is 12.3 Å². The van der Waals surface area contributed by atoms with Gasteiger partial charge < -0.3 is 5.11 Å². The summed E-state index contributed by atoms with van der Waals surface area (Å²) < 4.78 is 0. The van der Waals surface area contributed by atoms with Crippen molar-refractivity contribution in [2.75, 3.05) is 0 Å². The van der Waals surface area contributed by atoms with Crippen LogP contribution >= 0.6 is 0 Å². The van der Waals surface area contributed by atoms with Crippen LogP contribution in [-0.2, 0) is 0 Å². The molecular weight excluding hydrogens is 112 g/mol. The molecule has 0 saturated heterocycles. The third-order valence-corrected chi connectivity index (χ3v) is 2.53. The molecule has 2 aliphatic carbocycles. The number of rotatable bonds is 0. The highest BCUT2D eigenvalue weighted by Gasteiger charge is 2.32. The van der Waals surface area contributed by atoms with Crippen molar-refractivity contribution in [2.24, 2.45) is 11.8 Å². The van der Waals surface area contributed by atoms with Gasteiger partial charge in [-0.25, -0.2) is 0 Å². The Bertz CT molecular complexity index is 140. The van der Waals surface area contributed by atoms with Crippen LogP contribution in [0.3, 0.4) is 0 Å². The standard InChI is InChI=1S/C8H12O/c9-8-5-6-2-1-3-7(8)4-6/h1,3,6-9H,2,4-5H2/t6-,7+,8+/m1/s1. The molecule has 0 aromatic rings. The summed E-state index contributed by atoms with van der Waals surface area (Å²) in [6, 6.07) is 0. The number of hydrogen-bond donors (Lipinski definition) is 1. The van der Waals surface area contributed by atoms with Gasteiger partial charge in [-0.15, -0.1) is 0 Å². The average molecular weight is 124 g/mol. The van der Waals surface area contributed by atoms with Gasteiger partial charge in [-0.2, -0.15) is 0 Å². The lowest BCUT2D eigenvalue weighted by Gasteiger charge is -2.11. The Balaban J connectivity index is 2.18. The molecule has 0 aromatic heterocycles. The predicted molar refractivity (Wildman–Crippen MR) is 36.0 cm³/mol. The van der Waals surface area contributed by atoms with Crippen LogP contribution in [0, 0.1) is 11.8 Å². The topological polar surface area (TPSA) is 20.2 Å². The van der Waals surface area contributed by atoms with Crippen LogP contribution in [0.2, 0.25) is 0 Å². The van der Waals surface area contributed by atoms with Crippen molar-refractivity contribution in [3.8, 4) is 0 Å². The fraction of sp³-hybridized carbons (Fsp3) is 0.750. The molecule has 0 aromatic carbocycles. The van der Waals surface area contributed by atoms with E-state index in [0.29, 0.717) is 5.92 Å². The second-order valence-electron chi connectivity index (χ2n) is 3.23. The first-order valence-electron chi connectivity index (χ1n) is 3.71. The molecular formula is C8H12O. The van der Waals surface area contributed by atoms with Crippen LogP contribution < -0.4 is 0 Å². The van der Waals surface area contributed by atoms with Gasteiger partial charge in [-0.3, -0.25) is 0 Å². The number of allylic oxidation sites excluding steroid dienone is 1. The highest BCUT2D eigenvalue weighted by atomic mass is 16.3. The van der Waals surface area contributed by atoms with Crippen LogP contribution in [-0.4, -0.2) is 11.2 Å². The Morgan fingerprint density at radius 3 is 2.89 bits per heavy atom. The van der Waals surface area contributed by atoms with E-state index in [1.165, 1.54) is 12.8 Å². The second-order valence-corrected chi connectivity index (χ2v) is 3.23. The van der Waals surface area contributed by atoms with Crippen LogP contribution in [0.15, 0.2) is 12.2 Å². The number of fused-ring (bicyclic) bond motifs is 2. The lowest BCUT2D eigenvalue weighted by Crippen LogP contribution is -2.09. The minimum absolute atomic E-state index is 0.0197. The van der Waals surface area contributed by atoms with E-state index in [4.69, 9.17) is 0 Å². The summed E-state index contributed by atoms with van der Waals surface area (Å²) >= 11 is 0. The zero-order chi connectivity index (χ0) is 6.27. The van der Waals surface area contributed by atoms with E-state index in [1.54, 1.807) is 0 Å². The summed E-state index contributed by atoms with van der Waals surface area (Å²) in [5, 5.41) is 9.35. The van der Waals surface area contributed by atoms with Crippen molar-refractivity contribution in [2.45, 2.75) is 25.4 Å². The predicted octanol–water partition coefficient (Wildman–Crippen LogP) is 1.33. The molecule has 0 radical (unpaired) electrons. The molecule has 3 atom stereocenters. The molecule has 1 fully saturated rings. The Kier molecular flexibility index (Phi) is 1.12. The molecule has 2 rings (SSSR count). The smallest absolute Gasteiger partial charge is 0.0605 e. The van der Waals surface area contributed by atoms with E-state index >= 15 is 0 Å². The fourth-order valence-electron chi connectivity index (χ4n) is 2.00. The Morgan fingerprint density at radius 1 is 1.33 bits per heavy atom. The maximum Gasteiger partial charge on any atom is 0.0605 e. The molecule has 0 spiro atoms. The van der Waals surface area contributed by atoms with Gasteiger partial charge in [0.2, 0.25) is 0 Å². The van der Waals surface area contributed by atoms with Gasteiger partial charge in [0.25, 0.3) is 0 Å². The molecule has 1 heteroatoms. The number of hydrogen-bond acceptors (Lipinski definition) is 1. The summed E-state index contributed by atoms with van der Waals surface area (Å²) in [5.74, 6) is 1.30. The van der Waals surface area contributed by atoms with Gasteiger partial charge in [0, 0.05) is 5.92 Å². The molecule has 2 aliphatic rings. The highest BCUT2D eigenvalue weighted by Crippen LogP contribution is 2.37. The van der Waals surface area contributed by atoms with Crippen molar-refractivity contribution in [3.05, 3.63) is 12.2 Å². The summed E-state index contributed by atoms with van der Waals surface area (Å²) in [7, 11) is 0. The molecule has 2 bridgehead atoms. The lowest BCUT2D eigenvalue weighted by atomic mass is 9.96. The maximum atomic E-state index is 9.35. The normalized spacial score (nSPS) is 47.9. The molecule has 1 saturated carbocycles. The molecule has 0 heterocycles. The first-order chi connectivity index (χ1) is 4.36. The van der Waals surface area contributed by atoms with Crippen LogP contribution in [0.4, 0.5) is 0 Å². The van der Waals surface area contributed by atoms with Crippen LogP contribution in [0.5, 0.6) is 0 Å². The monoisotopic (exact) mass is 124 g/mol. The van der Waals surface area contributed by atoms with Crippen molar-refractivity contribution in [1.29, 1.82) is 0 Å². The molecule has 0 aliphatic heterocycles. The lowest BCUT2D eigenvalue weighted by molar-refractivity contribution is 0.152. The SMILES string of the molecule is O[C@H]1C[C@@H]2CC=C[C@H]1C2. The molecule has 50 valence electrons. The van der Waals surface area contributed by atoms with Crippen molar-refractivity contribution in [3.63, 3.8) is 0 Å². The molecule has 1 N–H and O–H groups in total. The van der Waals surface area contributed by atoms with E-state index in [-0.39, 0.29) is 6.10 Å². The van der Waals surface area contributed by atoms with E-state index < -0.39 is 0 Å². The highest BCUT2D eigenvalue weighted by molar-refractivity contribution is 5.04. The zero-order valence-electron chi connectivity index (χ0n) is 5.46. The summed E-state index contributed by atoms with van der Waals surface area (Å²) in [5.41, 5.74) is 0. The van der Waals surface area contributed by atoms with Gasteiger partial charge in [-0.05, 0) is 25.2 Å². The first-order valence-corrected chi connectivity index (χ1v) is 3.71. The van der Waals surface area contributed by atoms with E-state index in [1.807, 2.05) is 0 Å². The van der Waals surface area contributed by atoms with Gasteiger partial charge in [0.1, 0.15) is 0 Å². The quantitative estimate of drug-likeness (QED) is 0.483. The van der Waals surface area contributed by atoms with Crippen LogP contribution in [0.1, 0.15) is 19.3 Å². The Morgan fingerprint density at radius 2 is 2.22 bits per heavy atom. The summed E-state index contributed by atoms with van der Waals surface area (Å²) in [4.78, 5) is 0. The first kappa shape index (κ1) is 5.48. The molecule has 9 heavy (non-hydrogen) atoms. The Labute approximate surface area is 55.4 Å². The molecule has 0 amide bonds. The Hall–Kier alpha value is -0.300. The minimum atomic E-state index is -0.0197. The summed E-state index contributed by atoms with van der Waals surface area (Å²) in [6.07, 6.45) is 7.85. The van der Waals surface area contributed by atoms with Gasteiger partial charge in [0.15, 0.2) is 0 Å². The van der Waals surface area contributed by atoms with Crippen LogP contribution in [0.25, 0.3) is 0 Å². The van der Waals surface area contributed by atoms with Gasteiger partial charge in [0.05, 0.1) is 6.10 Å². The number of aliphatic hydroxyl groups is 1. The third kappa shape index (κ3) is 0.799. The molecule has 1 nitrogen and oxygen atoms in total. The fourth-order valence-corrected chi connectivity index (χ4v) is 2.00. The zero-order valence-corrected chi connectivity index (χ0v) is 5.46. The summed E-state index contributed by atoms with van der Waals surface area (Å²) in [6.45, 7) is 0. The van der Waals surface area contributed by atoms with Crippen molar-refractivity contribution >= 4 is 0 Å². The van der Waals surface area contributed by atoms with Crippen molar-refractivity contribution < 1.29 is 5.11 Å². The third-order valence-electron chi connectivity index (χ3n) is 2.53. The largest absolute Gasteiger partial charge is 0.393 e. The minimum Gasteiger partial charge on any atom is -0.393 e. The second kappa shape index (κ2) is 1.84.